The Morgan fingerprint density at radius 2 is 1.91 bits per heavy atom. The highest BCUT2D eigenvalue weighted by molar-refractivity contribution is 4.98. The standard InChI is InChI=1S/C7H12O4/c1-8-6-4-5-11-7(6,9-2)10-3/h4-6H,1-3H3. The molecule has 0 aromatic carbocycles. The van der Waals surface area contributed by atoms with Crippen molar-refractivity contribution in [1.82, 2.24) is 0 Å². The third kappa shape index (κ3) is 1.24. The van der Waals surface area contributed by atoms with Gasteiger partial charge in [-0.3, -0.25) is 0 Å². The second kappa shape index (κ2) is 3.21. The summed E-state index contributed by atoms with van der Waals surface area (Å²) in [6.45, 7) is 0. The number of hydrogen-bond acceptors (Lipinski definition) is 4. The van der Waals surface area contributed by atoms with E-state index in [9.17, 15) is 0 Å². The Bertz CT molecular complexity index is 151. The van der Waals surface area contributed by atoms with Gasteiger partial charge in [-0.05, 0) is 6.08 Å². The quantitative estimate of drug-likeness (QED) is 0.563. The van der Waals surface area contributed by atoms with E-state index in [0.717, 1.165) is 0 Å². The summed E-state index contributed by atoms with van der Waals surface area (Å²) in [6, 6.07) is 0. The van der Waals surface area contributed by atoms with Crippen LogP contribution in [0.15, 0.2) is 12.3 Å². The fourth-order valence-corrected chi connectivity index (χ4v) is 1.03. The molecular formula is C7H12O4. The van der Waals surface area contributed by atoms with Crippen LogP contribution in [0.2, 0.25) is 0 Å². The van der Waals surface area contributed by atoms with Crippen molar-refractivity contribution < 1.29 is 18.9 Å². The predicted octanol–water partition coefficient (Wildman–Crippen LogP) is 0.492. The minimum absolute atomic E-state index is 0.308. The summed E-state index contributed by atoms with van der Waals surface area (Å²) in [7, 11) is 4.57. The molecule has 4 heteroatoms. The molecule has 0 aromatic rings. The van der Waals surface area contributed by atoms with Crippen LogP contribution in [0.5, 0.6) is 0 Å². The molecular weight excluding hydrogens is 148 g/mol. The van der Waals surface area contributed by atoms with Crippen LogP contribution >= 0.6 is 0 Å². The van der Waals surface area contributed by atoms with E-state index in [1.165, 1.54) is 20.5 Å². The van der Waals surface area contributed by atoms with Gasteiger partial charge in [-0.1, -0.05) is 0 Å². The smallest absolute Gasteiger partial charge is 0.357 e. The predicted molar refractivity (Wildman–Crippen MR) is 37.8 cm³/mol. The lowest BCUT2D eigenvalue weighted by Gasteiger charge is -2.29. The number of hydrogen-bond donors (Lipinski definition) is 0. The van der Waals surface area contributed by atoms with Gasteiger partial charge in [0.05, 0.1) is 6.26 Å². The maximum absolute atomic E-state index is 5.09. The lowest BCUT2D eigenvalue weighted by molar-refractivity contribution is -0.362. The fourth-order valence-electron chi connectivity index (χ4n) is 1.03. The maximum atomic E-state index is 5.09. The molecule has 1 aliphatic rings. The molecule has 11 heavy (non-hydrogen) atoms. The molecule has 0 saturated heterocycles. The largest absolute Gasteiger partial charge is 0.445 e. The highest BCUT2D eigenvalue weighted by Gasteiger charge is 2.44. The van der Waals surface area contributed by atoms with Gasteiger partial charge in [0.25, 0.3) is 0 Å². The normalized spacial score (nSPS) is 27.0. The molecule has 0 bridgehead atoms. The molecule has 1 rings (SSSR count). The van der Waals surface area contributed by atoms with E-state index < -0.39 is 5.97 Å². The molecule has 1 unspecified atom stereocenters. The van der Waals surface area contributed by atoms with Crippen LogP contribution in [0.1, 0.15) is 0 Å². The topological polar surface area (TPSA) is 36.9 Å². The molecule has 0 radical (unpaired) electrons. The molecule has 1 heterocycles. The van der Waals surface area contributed by atoms with Crippen LogP contribution in [0.3, 0.4) is 0 Å². The second-order valence-corrected chi connectivity index (χ2v) is 2.11. The van der Waals surface area contributed by atoms with E-state index in [2.05, 4.69) is 0 Å². The average molecular weight is 160 g/mol. The summed E-state index contributed by atoms with van der Waals surface area (Å²) in [4.78, 5) is 0. The van der Waals surface area contributed by atoms with E-state index >= 15 is 0 Å². The lowest BCUT2D eigenvalue weighted by Crippen LogP contribution is -2.44. The third-order valence-electron chi connectivity index (χ3n) is 1.66. The van der Waals surface area contributed by atoms with Crippen LogP contribution in [0.4, 0.5) is 0 Å². The van der Waals surface area contributed by atoms with Crippen molar-refractivity contribution in [2.45, 2.75) is 12.1 Å². The Morgan fingerprint density at radius 1 is 1.27 bits per heavy atom. The van der Waals surface area contributed by atoms with Crippen molar-refractivity contribution in [1.29, 1.82) is 0 Å². The highest BCUT2D eigenvalue weighted by Crippen LogP contribution is 2.27. The Morgan fingerprint density at radius 3 is 2.27 bits per heavy atom. The van der Waals surface area contributed by atoms with Gasteiger partial charge in [0.15, 0.2) is 6.10 Å². The van der Waals surface area contributed by atoms with Crippen molar-refractivity contribution >= 4 is 0 Å². The molecule has 0 spiro atoms. The summed E-state index contributed by atoms with van der Waals surface area (Å²) < 4.78 is 20.2. The van der Waals surface area contributed by atoms with Gasteiger partial charge in [-0.15, -0.1) is 0 Å². The van der Waals surface area contributed by atoms with Gasteiger partial charge in [-0.2, -0.15) is 0 Å². The fraction of sp³-hybridized carbons (Fsp3) is 0.714. The molecule has 1 atom stereocenters. The minimum atomic E-state index is -1.09. The Labute approximate surface area is 65.7 Å². The Kier molecular flexibility index (Phi) is 2.49. The van der Waals surface area contributed by atoms with Gasteiger partial charge < -0.3 is 18.9 Å². The molecule has 1 aliphatic heterocycles. The molecule has 0 aromatic heterocycles. The van der Waals surface area contributed by atoms with Crippen LogP contribution < -0.4 is 0 Å². The van der Waals surface area contributed by atoms with Gasteiger partial charge in [0.2, 0.25) is 0 Å². The van der Waals surface area contributed by atoms with Crippen LogP contribution in [0.25, 0.3) is 0 Å². The van der Waals surface area contributed by atoms with Crippen molar-refractivity contribution in [3.63, 3.8) is 0 Å². The summed E-state index contributed by atoms with van der Waals surface area (Å²) >= 11 is 0. The minimum Gasteiger partial charge on any atom is -0.445 e. The first kappa shape index (κ1) is 8.52. The van der Waals surface area contributed by atoms with E-state index in [4.69, 9.17) is 18.9 Å². The monoisotopic (exact) mass is 160 g/mol. The number of rotatable bonds is 3. The zero-order chi connectivity index (χ0) is 8.32. The van der Waals surface area contributed by atoms with E-state index in [0.29, 0.717) is 0 Å². The Hall–Kier alpha value is -0.580. The third-order valence-corrected chi connectivity index (χ3v) is 1.66. The molecule has 0 aliphatic carbocycles. The molecule has 4 nitrogen and oxygen atoms in total. The second-order valence-electron chi connectivity index (χ2n) is 2.11. The molecule has 64 valence electrons. The van der Waals surface area contributed by atoms with E-state index in [1.807, 2.05) is 0 Å². The first-order valence-electron chi connectivity index (χ1n) is 3.26. The van der Waals surface area contributed by atoms with E-state index in [-0.39, 0.29) is 6.10 Å². The molecule has 0 N–H and O–H groups in total. The summed E-state index contributed by atoms with van der Waals surface area (Å²) in [5.41, 5.74) is 0. The number of methoxy groups -OCH3 is 3. The van der Waals surface area contributed by atoms with Gasteiger partial charge in [0, 0.05) is 21.3 Å². The van der Waals surface area contributed by atoms with Crippen molar-refractivity contribution in [3.8, 4) is 0 Å². The highest BCUT2D eigenvalue weighted by atomic mass is 16.9. The van der Waals surface area contributed by atoms with Gasteiger partial charge in [0.1, 0.15) is 0 Å². The van der Waals surface area contributed by atoms with E-state index in [1.54, 1.807) is 13.2 Å². The van der Waals surface area contributed by atoms with Crippen LogP contribution in [-0.2, 0) is 18.9 Å². The van der Waals surface area contributed by atoms with Crippen molar-refractivity contribution in [2.24, 2.45) is 0 Å². The van der Waals surface area contributed by atoms with Crippen LogP contribution in [-0.4, -0.2) is 33.4 Å². The first-order chi connectivity index (χ1) is 5.29. The zero-order valence-electron chi connectivity index (χ0n) is 6.87. The average Bonchev–Trinajstić information content (AvgIpc) is 2.47. The molecule has 0 amide bonds. The Balaban J connectivity index is 2.68. The van der Waals surface area contributed by atoms with Gasteiger partial charge in [-0.25, -0.2) is 0 Å². The lowest BCUT2D eigenvalue weighted by atomic mass is 10.3. The van der Waals surface area contributed by atoms with Gasteiger partial charge >= 0.3 is 5.97 Å². The maximum Gasteiger partial charge on any atom is 0.357 e. The van der Waals surface area contributed by atoms with Crippen LogP contribution in [0, 0.1) is 0 Å². The number of ether oxygens (including phenoxy) is 4. The zero-order valence-corrected chi connectivity index (χ0v) is 6.87. The summed E-state index contributed by atoms with van der Waals surface area (Å²) in [5.74, 6) is -1.09. The summed E-state index contributed by atoms with van der Waals surface area (Å²) in [5, 5.41) is 0. The molecule has 0 fully saturated rings. The SMILES string of the molecule is COC1C=COC1(OC)OC. The van der Waals surface area contributed by atoms with Crippen molar-refractivity contribution in [3.05, 3.63) is 12.3 Å². The van der Waals surface area contributed by atoms with Crippen molar-refractivity contribution in [2.75, 3.05) is 21.3 Å². The first-order valence-corrected chi connectivity index (χ1v) is 3.26. The summed E-state index contributed by atoms with van der Waals surface area (Å²) in [6.07, 6.45) is 2.92. The molecule has 0 saturated carbocycles.